The van der Waals surface area contributed by atoms with Crippen molar-refractivity contribution in [1.82, 2.24) is 4.90 Å². The van der Waals surface area contributed by atoms with E-state index in [1.807, 2.05) is 54.6 Å². The number of nitrogens with one attached hydrogen (secondary N) is 1. The zero-order chi connectivity index (χ0) is 22.5. The van der Waals surface area contributed by atoms with Crippen molar-refractivity contribution >= 4 is 23.3 Å². The Morgan fingerprint density at radius 2 is 1.44 bits per heavy atom. The van der Waals surface area contributed by atoms with E-state index in [-0.39, 0.29) is 23.5 Å². The third-order valence-electron chi connectivity index (χ3n) is 5.90. The van der Waals surface area contributed by atoms with Gasteiger partial charge in [0.2, 0.25) is 0 Å². The van der Waals surface area contributed by atoms with Gasteiger partial charge < -0.3 is 10.2 Å². The lowest BCUT2D eigenvalue weighted by molar-refractivity contribution is 0.0851. The summed E-state index contributed by atoms with van der Waals surface area (Å²) in [7, 11) is 0. The van der Waals surface area contributed by atoms with Crippen LogP contribution in [0.4, 0.5) is 10.5 Å². The Bertz CT molecular complexity index is 1110. The average Bonchev–Trinajstić information content (AvgIpc) is 2.84. The number of nitrogens with zero attached hydrogens (tertiary/aromatic N) is 1. The maximum Gasteiger partial charge on any atom is 0.321 e. The molecule has 0 saturated carbocycles. The van der Waals surface area contributed by atoms with Crippen molar-refractivity contribution in [2.45, 2.75) is 19.8 Å². The summed E-state index contributed by atoms with van der Waals surface area (Å²) < 4.78 is 0. The first-order chi connectivity index (χ1) is 15.5. The second kappa shape index (κ2) is 9.60. The molecule has 1 aliphatic rings. The van der Waals surface area contributed by atoms with Gasteiger partial charge in [-0.25, -0.2) is 4.79 Å². The van der Waals surface area contributed by atoms with Crippen LogP contribution in [0.2, 0.25) is 0 Å². The molecule has 1 N–H and O–H groups in total. The quantitative estimate of drug-likeness (QED) is 0.534. The molecule has 2 amide bonds. The van der Waals surface area contributed by atoms with Crippen LogP contribution in [0.5, 0.6) is 0 Å². The lowest BCUT2D eigenvalue weighted by atomic mass is 9.89. The number of piperidine rings is 1. The highest BCUT2D eigenvalue weighted by atomic mass is 16.2. The highest BCUT2D eigenvalue weighted by Crippen LogP contribution is 2.24. The maximum absolute atomic E-state index is 13.1. The van der Waals surface area contributed by atoms with E-state index in [0.717, 1.165) is 24.0 Å². The van der Waals surface area contributed by atoms with E-state index in [1.165, 1.54) is 6.92 Å². The largest absolute Gasteiger partial charge is 0.324 e. The molecule has 1 aliphatic heterocycles. The Morgan fingerprint density at radius 1 is 0.812 bits per heavy atom. The number of anilines is 1. The van der Waals surface area contributed by atoms with Crippen LogP contribution in [-0.4, -0.2) is 35.6 Å². The fourth-order valence-corrected chi connectivity index (χ4v) is 4.06. The molecule has 1 atom stereocenters. The highest BCUT2D eigenvalue weighted by Gasteiger charge is 2.29. The fourth-order valence-electron chi connectivity index (χ4n) is 4.06. The number of Topliss-reactive ketones (excluding diaryl/α,β-unsaturated/α-hetero) is 2. The summed E-state index contributed by atoms with van der Waals surface area (Å²) in [4.78, 5) is 38.9. The van der Waals surface area contributed by atoms with Crippen molar-refractivity contribution in [1.29, 1.82) is 0 Å². The summed E-state index contributed by atoms with van der Waals surface area (Å²) in [6.45, 7) is 2.53. The van der Waals surface area contributed by atoms with Crippen LogP contribution in [0, 0.1) is 5.92 Å². The van der Waals surface area contributed by atoms with Gasteiger partial charge in [0.05, 0.1) is 0 Å². The molecule has 3 aromatic rings. The van der Waals surface area contributed by atoms with Crippen LogP contribution in [0.25, 0.3) is 11.1 Å². The normalized spacial score (nSPS) is 15.8. The Kier molecular flexibility index (Phi) is 6.45. The Labute approximate surface area is 188 Å². The van der Waals surface area contributed by atoms with E-state index in [2.05, 4.69) is 5.32 Å². The predicted octanol–water partition coefficient (Wildman–Crippen LogP) is 5.68. The zero-order valence-corrected chi connectivity index (χ0v) is 18.1. The number of benzene rings is 3. The number of hydrogen-bond acceptors (Lipinski definition) is 3. The monoisotopic (exact) mass is 426 g/mol. The summed E-state index contributed by atoms with van der Waals surface area (Å²) in [5, 5.41) is 2.87. The standard InChI is InChI=1S/C27H26N2O3/c1-19(30)20-13-15-25(16-14-20)28-27(32)29-17-5-8-24(18-29)26(31)23-11-9-22(10-12-23)21-6-3-2-4-7-21/h2-4,6-7,9-16,24H,5,8,17-18H2,1H3,(H,28,32). The van der Waals surface area contributed by atoms with Crippen molar-refractivity contribution in [3.63, 3.8) is 0 Å². The predicted molar refractivity (Wildman–Crippen MR) is 126 cm³/mol. The smallest absolute Gasteiger partial charge is 0.321 e. The van der Waals surface area contributed by atoms with E-state index in [1.54, 1.807) is 29.2 Å². The van der Waals surface area contributed by atoms with Gasteiger partial charge in [-0.15, -0.1) is 0 Å². The van der Waals surface area contributed by atoms with Gasteiger partial charge in [-0.05, 0) is 55.2 Å². The SMILES string of the molecule is CC(=O)c1ccc(NC(=O)N2CCCC(C(=O)c3ccc(-c4ccccc4)cc3)C2)cc1. The summed E-state index contributed by atoms with van der Waals surface area (Å²) in [6, 6.07) is 24.3. The summed E-state index contributed by atoms with van der Waals surface area (Å²) in [5.74, 6) is -0.151. The fraction of sp³-hybridized carbons (Fsp3) is 0.222. The van der Waals surface area contributed by atoms with Crippen LogP contribution >= 0.6 is 0 Å². The molecule has 1 heterocycles. The van der Waals surface area contributed by atoms with Gasteiger partial charge in [-0.3, -0.25) is 9.59 Å². The molecule has 5 nitrogen and oxygen atoms in total. The Hall–Kier alpha value is -3.73. The number of carbonyl (C=O) groups is 3. The van der Waals surface area contributed by atoms with Crippen LogP contribution in [0.3, 0.4) is 0 Å². The zero-order valence-electron chi connectivity index (χ0n) is 18.1. The van der Waals surface area contributed by atoms with Gasteiger partial charge in [0.15, 0.2) is 11.6 Å². The first-order valence-corrected chi connectivity index (χ1v) is 10.9. The molecule has 1 unspecified atom stereocenters. The number of likely N-dealkylation sites (tertiary alicyclic amines) is 1. The number of amides is 2. The van der Waals surface area contributed by atoms with Gasteiger partial charge >= 0.3 is 6.03 Å². The van der Waals surface area contributed by atoms with E-state index in [0.29, 0.717) is 29.9 Å². The van der Waals surface area contributed by atoms with E-state index >= 15 is 0 Å². The molecular formula is C27H26N2O3. The maximum atomic E-state index is 13.1. The molecule has 162 valence electrons. The van der Waals surface area contributed by atoms with Gasteiger partial charge in [0.1, 0.15) is 0 Å². The van der Waals surface area contributed by atoms with Crippen molar-refractivity contribution < 1.29 is 14.4 Å². The Balaban J connectivity index is 1.39. The van der Waals surface area contributed by atoms with Crippen LogP contribution in [0.15, 0.2) is 78.9 Å². The summed E-state index contributed by atoms with van der Waals surface area (Å²) in [5.41, 5.74) is 4.09. The Morgan fingerprint density at radius 3 is 2.09 bits per heavy atom. The molecule has 0 aromatic heterocycles. The van der Waals surface area contributed by atoms with Crippen molar-refractivity contribution in [3.05, 3.63) is 90.0 Å². The lowest BCUT2D eigenvalue weighted by Crippen LogP contribution is -2.44. The molecule has 1 saturated heterocycles. The lowest BCUT2D eigenvalue weighted by Gasteiger charge is -2.32. The first kappa shape index (κ1) is 21.5. The molecule has 0 bridgehead atoms. The summed E-state index contributed by atoms with van der Waals surface area (Å²) in [6.07, 6.45) is 1.56. The molecule has 32 heavy (non-hydrogen) atoms. The van der Waals surface area contributed by atoms with E-state index in [9.17, 15) is 14.4 Å². The molecule has 0 spiro atoms. The van der Waals surface area contributed by atoms with Gasteiger partial charge in [-0.1, -0.05) is 54.6 Å². The van der Waals surface area contributed by atoms with Crippen molar-refractivity contribution in [2.75, 3.05) is 18.4 Å². The average molecular weight is 427 g/mol. The van der Waals surface area contributed by atoms with Gasteiger partial charge in [0, 0.05) is 35.8 Å². The van der Waals surface area contributed by atoms with Gasteiger partial charge in [-0.2, -0.15) is 0 Å². The number of carbonyl (C=O) groups excluding carboxylic acids is 3. The second-order valence-corrected chi connectivity index (χ2v) is 8.16. The number of rotatable bonds is 5. The minimum Gasteiger partial charge on any atom is -0.324 e. The van der Waals surface area contributed by atoms with Crippen LogP contribution < -0.4 is 5.32 Å². The molecule has 3 aromatic carbocycles. The molecule has 1 fully saturated rings. The summed E-state index contributed by atoms with van der Waals surface area (Å²) >= 11 is 0. The topological polar surface area (TPSA) is 66.5 Å². The van der Waals surface area contributed by atoms with Crippen LogP contribution in [-0.2, 0) is 0 Å². The van der Waals surface area contributed by atoms with Crippen molar-refractivity contribution in [3.8, 4) is 11.1 Å². The third-order valence-corrected chi connectivity index (χ3v) is 5.90. The van der Waals surface area contributed by atoms with E-state index < -0.39 is 0 Å². The molecule has 4 rings (SSSR count). The third kappa shape index (κ3) is 4.94. The number of ketones is 2. The second-order valence-electron chi connectivity index (χ2n) is 8.16. The minimum absolute atomic E-state index is 0.0166. The molecule has 0 aliphatic carbocycles. The van der Waals surface area contributed by atoms with Crippen LogP contribution in [0.1, 0.15) is 40.5 Å². The molecule has 5 heteroatoms. The number of hydrogen-bond donors (Lipinski definition) is 1. The molecule has 0 radical (unpaired) electrons. The highest BCUT2D eigenvalue weighted by molar-refractivity contribution is 5.99. The first-order valence-electron chi connectivity index (χ1n) is 10.9. The van der Waals surface area contributed by atoms with E-state index in [4.69, 9.17) is 0 Å². The number of urea groups is 1. The minimum atomic E-state index is -0.225. The molecular weight excluding hydrogens is 400 g/mol. The van der Waals surface area contributed by atoms with Gasteiger partial charge in [0.25, 0.3) is 0 Å². The van der Waals surface area contributed by atoms with Crippen molar-refractivity contribution in [2.24, 2.45) is 5.92 Å².